The lowest BCUT2D eigenvalue weighted by molar-refractivity contribution is 0.0665. The quantitative estimate of drug-likeness (QED) is 0.818. The average Bonchev–Trinajstić information content (AvgIpc) is 2.71. The molecule has 0 saturated heterocycles. The number of thiazole rings is 1. The highest BCUT2D eigenvalue weighted by Gasteiger charge is 2.17. The van der Waals surface area contributed by atoms with Gasteiger partial charge in [-0.1, -0.05) is 23.9 Å². The van der Waals surface area contributed by atoms with E-state index in [0.29, 0.717) is 13.0 Å². The molecule has 0 aliphatic rings. The molecule has 1 atom stereocenters. The molecule has 0 aliphatic carbocycles. The lowest BCUT2D eigenvalue weighted by Gasteiger charge is -2.19. The summed E-state index contributed by atoms with van der Waals surface area (Å²) in [6.07, 6.45) is 0.685. The summed E-state index contributed by atoms with van der Waals surface area (Å²) in [7, 11) is 0. The molecule has 1 aromatic carbocycles. The van der Waals surface area contributed by atoms with Crippen LogP contribution in [0.3, 0.4) is 0 Å². The number of thioether (sulfide) groups is 1. The molecule has 5 heteroatoms. The van der Waals surface area contributed by atoms with Crippen LogP contribution in [0.15, 0.2) is 28.6 Å². The fourth-order valence-corrected chi connectivity index (χ4v) is 3.70. The zero-order valence-electron chi connectivity index (χ0n) is 9.72. The molecule has 2 rings (SSSR count). The molecule has 0 spiro atoms. The van der Waals surface area contributed by atoms with Gasteiger partial charge in [-0.2, -0.15) is 0 Å². The Morgan fingerprint density at radius 2 is 2.24 bits per heavy atom. The molecule has 3 nitrogen and oxygen atoms in total. The Morgan fingerprint density at radius 3 is 2.94 bits per heavy atom. The Morgan fingerprint density at radius 1 is 1.47 bits per heavy atom. The highest BCUT2D eigenvalue weighted by atomic mass is 32.2. The summed E-state index contributed by atoms with van der Waals surface area (Å²) < 4.78 is 2.26. The Kier molecular flexibility index (Phi) is 4.04. The van der Waals surface area contributed by atoms with E-state index in [1.807, 2.05) is 18.2 Å². The van der Waals surface area contributed by atoms with E-state index < -0.39 is 5.60 Å². The zero-order chi connectivity index (χ0) is 12.3. The van der Waals surface area contributed by atoms with Crippen LogP contribution in [-0.2, 0) is 0 Å². The monoisotopic (exact) mass is 268 g/mol. The largest absolute Gasteiger partial charge is 0.389 e. The van der Waals surface area contributed by atoms with Crippen molar-refractivity contribution in [1.82, 2.24) is 4.98 Å². The number of nitrogens with two attached hydrogens (primary N) is 1. The van der Waals surface area contributed by atoms with Crippen molar-refractivity contribution in [3.05, 3.63) is 24.3 Å². The van der Waals surface area contributed by atoms with Crippen molar-refractivity contribution >= 4 is 33.3 Å². The zero-order valence-corrected chi connectivity index (χ0v) is 11.4. The van der Waals surface area contributed by atoms with Crippen molar-refractivity contribution in [3.8, 4) is 0 Å². The Labute approximate surface area is 109 Å². The van der Waals surface area contributed by atoms with Crippen LogP contribution >= 0.6 is 23.1 Å². The van der Waals surface area contributed by atoms with E-state index in [4.69, 9.17) is 5.73 Å². The minimum Gasteiger partial charge on any atom is -0.389 e. The van der Waals surface area contributed by atoms with E-state index >= 15 is 0 Å². The third kappa shape index (κ3) is 3.42. The van der Waals surface area contributed by atoms with Crippen molar-refractivity contribution in [2.75, 3.05) is 12.3 Å². The van der Waals surface area contributed by atoms with Gasteiger partial charge in [0.05, 0.1) is 15.8 Å². The number of aromatic nitrogens is 1. The highest BCUT2D eigenvalue weighted by Crippen LogP contribution is 2.30. The molecule has 3 N–H and O–H groups in total. The number of hydrogen-bond donors (Lipinski definition) is 2. The first-order chi connectivity index (χ1) is 8.11. The van der Waals surface area contributed by atoms with Gasteiger partial charge < -0.3 is 10.8 Å². The van der Waals surface area contributed by atoms with Gasteiger partial charge in [-0.05, 0) is 25.5 Å². The van der Waals surface area contributed by atoms with E-state index in [2.05, 4.69) is 11.1 Å². The Hall–Kier alpha value is -0.620. The standard InChI is InChI=1S/C12H16N2OS2/c1-12(15,8-13)6-7-16-11-14-9-4-2-3-5-10(9)17-11/h2-5,15H,6-8,13H2,1H3. The summed E-state index contributed by atoms with van der Waals surface area (Å²) in [5.74, 6) is 0.837. The molecule has 0 radical (unpaired) electrons. The van der Waals surface area contributed by atoms with Crippen molar-refractivity contribution in [2.24, 2.45) is 5.73 Å². The van der Waals surface area contributed by atoms with Crippen LogP contribution in [0.4, 0.5) is 0 Å². The van der Waals surface area contributed by atoms with E-state index in [9.17, 15) is 5.11 Å². The second kappa shape index (κ2) is 5.35. The topological polar surface area (TPSA) is 59.1 Å². The minimum atomic E-state index is -0.760. The third-order valence-corrected chi connectivity index (χ3v) is 4.76. The minimum absolute atomic E-state index is 0.299. The van der Waals surface area contributed by atoms with Gasteiger partial charge in [0.2, 0.25) is 0 Å². The maximum absolute atomic E-state index is 9.79. The number of aliphatic hydroxyl groups is 1. The molecule has 92 valence electrons. The van der Waals surface area contributed by atoms with E-state index in [1.165, 1.54) is 4.70 Å². The van der Waals surface area contributed by atoms with Crippen molar-refractivity contribution in [1.29, 1.82) is 0 Å². The average molecular weight is 268 g/mol. The second-order valence-corrected chi connectivity index (χ2v) is 6.62. The Balaban J connectivity index is 1.95. The molecule has 0 amide bonds. The predicted molar refractivity (Wildman–Crippen MR) is 74.6 cm³/mol. The predicted octanol–water partition coefficient (Wildman–Crippen LogP) is 2.49. The summed E-state index contributed by atoms with van der Waals surface area (Å²) >= 11 is 3.37. The smallest absolute Gasteiger partial charge is 0.151 e. The fourth-order valence-electron chi connectivity index (χ4n) is 1.37. The number of fused-ring (bicyclic) bond motifs is 1. The molecular formula is C12H16N2OS2. The van der Waals surface area contributed by atoms with Crippen molar-refractivity contribution in [3.63, 3.8) is 0 Å². The van der Waals surface area contributed by atoms with Gasteiger partial charge in [0.25, 0.3) is 0 Å². The maximum atomic E-state index is 9.79. The number of benzene rings is 1. The number of rotatable bonds is 5. The Bertz CT molecular complexity index is 463. The molecule has 2 aromatic rings. The van der Waals surface area contributed by atoms with Gasteiger partial charge in [-0.3, -0.25) is 0 Å². The molecular weight excluding hydrogens is 252 g/mol. The van der Waals surface area contributed by atoms with Gasteiger partial charge in [0, 0.05) is 12.3 Å². The molecule has 0 fully saturated rings. The van der Waals surface area contributed by atoms with Gasteiger partial charge in [-0.25, -0.2) is 4.98 Å². The highest BCUT2D eigenvalue weighted by molar-refractivity contribution is 8.01. The van der Waals surface area contributed by atoms with Gasteiger partial charge >= 0.3 is 0 Å². The van der Waals surface area contributed by atoms with Crippen LogP contribution in [0.5, 0.6) is 0 Å². The van der Waals surface area contributed by atoms with Crippen LogP contribution in [0, 0.1) is 0 Å². The molecule has 1 aromatic heterocycles. The number of nitrogens with zero attached hydrogens (tertiary/aromatic N) is 1. The SMILES string of the molecule is CC(O)(CN)CCSc1nc2ccccc2s1. The maximum Gasteiger partial charge on any atom is 0.151 e. The first-order valence-corrected chi connectivity index (χ1v) is 7.32. The van der Waals surface area contributed by atoms with E-state index in [0.717, 1.165) is 15.6 Å². The second-order valence-electron chi connectivity index (χ2n) is 4.25. The molecule has 1 heterocycles. The van der Waals surface area contributed by atoms with Crippen LogP contribution < -0.4 is 5.73 Å². The fraction of sp³-hybridized carbons (Fsp3) is 0.417. The first kappa shape index (κ1) is 12.8. The summed E-state index contributed by atoms with van der Waals surface area (Å²) in [5, 5.41) is 9.79. The summed E-state index contributed by atoms with van der Waals surface area (Å²) in [5.41, 5.74) is 5.76. The molecule has 1 unspecified atom stereocenters. The summed E-state index contributed by atoms with van der Waals surface area (Å²) in [6, 6.07) is 8.11. The van der Waals surface area contributed by atoms with Crippen LogP contribution in [0.2, 0.25) is 0 Å². The summed E-state index contributed by atoms with van der Waals surface area (Å²) in [6.45, 7) is 2.07. The first-order valence-electron chi connectivity index (χ1n) is 5.51. The summed E-state index contributed by atoms with van der Waals surface area (Å²) in [4.78, 5) is 4.53. The lowest BCUT2D eigenvalue weighted by Crippen LogP contribution is -2.34. The number of para-hydroxylation sites is 1. The van der Waals surface area contributed by atoms with Gasteiger partial charge in [-0.15, -0.1) is 11.3 Å². The van der Waals surface area contributed by atoms with Crippen LogP contribution in [-0.4, -0.2) is 28.0 Å². The van der Waals surface area contributed by atoms with Crippen LogP contribution in [0.1, 0.15) is 13.3 Å². The molecule has 0 aliphatic heterocycles. The van der Waals surface area contributed by atoms with Gasteiger partial charge in [0.1, 0.15) is 0 Å². The van der Waals surface area contributed by atoms with Crippen molar-refractivity contribution < 1.29 is 5.11 Å². The molecule has 0 bridgehead atoms. The van der Waals surface area contributed by atoms with E-state index in [-0.39, 0.29) is 0 Å². The normalized spacial score (nSPS) is 15.0. The lowest BCUT2D eigenvalue weighted by atomic mass is 10.1. The van der Waals surface area contributed by atoms with Crippen molar-refractivity contribution in [2.45, 2.75) is 23.3 Å². The van der Waals surface area contributed by atoms with Gasteiger partial charge in [0.15, 0.2) is 4.34 Å². The molecule has 0 saturated carbocycles. The molecule has 17 heavy (non-hydrogen) atoms. The van der Waals surface area contributed by atoms with Crippen LogP contribution in [0.25, 0.3) is 10.2 Å². The number of hydrogen-bond acceptors (Lipinski definition) is 5. The third-order valence-electron chi connectivity index (χ3n) is 2.58. The van der Waals surface area contributed by atoms with E-state index in [1.54, 1.807) is 30.0 Å².